The van der Waals surface area contributed by atoms with Gasteiger partial charge in [0, 0.05) is 23.6 Å². The summed E-state index contributed by atoms with van der Waals surface area (Å²) in [6.45, 7) is 0.424. The van der Waals surface area contributed by atoms with Crippen LogP contribution < -0.4 is 9.80 Å². The fourth-order valence-corrected chi connectivity index (χ4v) is 5.13. The summed E-state index contributed by atoms with van der Waals surface area (Å²) in [4.78, 5) is 34.9. The molecule has 1 aromatic heterocycles. The van der Waals surface area contributed by atoms with Gasteiger partial charge in [-0.05, 0) is 29.8 Å². The SMILES string of the molecule is O=C1[C@@H]2[C@H](C(=O)N1c1ccccc1)[C@H](c1cccnc1)N1c3ccccc3CO[C@@H]21. The number of pyridine rings is 1. The molecule has 4 heterocycles. The number of carbonyl (C=O) groups excluding carboxylic acids is 2. The molecule has 2 aromatic carbocycles. The van der Waals surface area contributed by atoms with E-state index in [0.29, 0.717) is 12.3 Å². The van der Waals surface area contributed by atoms with Gasteiger partial charge >= 0.3 is 0 Å². The lowest BCUT2D eigenvalue weighted by atomic mass is 9.89. The monoisotopic (exact) mass is 397 g/mol. The van der Waals surface area contributed by atoms with Crippen molar-refractivity contribution in [3.8, 4) is 0 Å². The van der Waals surface area contributed by atoms with Crippen LogP contribution >= 0.6 is 0 Å². The normalized spacial score (nSPS) is 27.1. The van der Waals surface area contributed by atoms with E-state index in [1.807, 2.05) is 54.6 Å². The molecule has 0 unspecified atom stereocenters. The molecule has 3 aliphatic rings. The Bertz CT molecular complexity index is 1130. The highest BCUT2D eigenvalue weighted by Crippen LogP contribution is 2.54. The fourth-order valence-electron chi connectivity index (χ4n) is 5.13. The zero-order valence-corrected chi connectivity index (χ0v) is 16.1. The number of aromatic nitrogens is 1. The molecule has 3 aliphatic heterocycles. The van der Waals surface area contributed by atoms with E-state index in [-0.39, 0.29) is 17.9 Å². The molecule has 6 heteroatoms. The molecule has 2 fully saturated rings. The van der Waals surface area contributed by atoms with E-state index in [4.69, 9.17) is 4.74 Å². The number of carbonyl (C=O) groups is 2. The van der Waals surface area contributed by atoms with Crippen LogP contribution in [0.3, 0.4) is 0 Å². The first kappa shape index (κ1) is 17.4. The van der Waals surface area contributed by atoms with Crippen LogP contribution in [0.5, 0.6) is 0 Å². The van der Waals surface area contributed by atoms with Crippen LogP contribution in [-0.4, -0.2) is 23.0 Å². The van der Waals surface area contributed by atoms with Crippen molar-refractivity contribution < 1.29 is 14.3 Å². The molecule has 0 spiro atoms. The number of nitrogens with zero attached hydrogens (tertiary/aromatic N) is 3. The van der Waals surface area contributed by atoms with Crippen molar-refractivity contribution in [2.45, 2.75) is 18.9 Å². The van der Waals surface area contributed by atoms with E-state index >= 15 is 0 Å². The largest absolute Gasteiger partial charge is 0.353 e. The highest BCUT2D eigenvalue weighted by Gasteiger charge is 2.64. The lowest BCUT2D eigenvalue weighted by Crippen LogP contribution is -2.45. The van der Waals surface area contributed by atoms with E-state index in [1.54, 1.807) is 24.5 Å². The average molecular weight is 397 g/mol. The Morgan fingerprint density at radius 1 is 0.867 bits per heavy atom. The Morgan fingerprint density at radius 3 is 2.43 bits per heavy atom. The molecule has 30 heavy (non-hydrogen) atoms. The lowest BCUT2D eigenvalue weighted by molar-refractivity contribution is -0.125. The standard InChI is InChI=1S/C24H19N3O3/c28-22-19-20(23(29)26(22)17-9-2-1-3-10-17)24-27(21(19)15-8-6-12-25-13-15)18-11-5-4-7-16(18)14-30-24/h1-13,19-21,24H,14H2/t19-,20-,21-,24-/m0/s1. The Morgan fingerprint density at radius 2 is 1.63 bits per heavy atom. The number of fused-ring (bicyclic) bond motifs is 5. The lowest BCUT2D eigenvalue weighted by Gasteiger charge is -2.39. The number of rotatable bonds is 2. The van der Waals surface area contributed by atoms with Gasteiger partial charge in [-0.2, -0.15) is 0 Å². The first-order valence-electron chi connectivity index (χ1n) is 10.1. The number of para-hydroxylation sites is 2. The number of hydrogen-bond acceptors (Lipinski definition) is 5. The van der Waals surface area contributed by atoms with Crippen LogP contribution in [0, 0.1) is 11.8 Å². The molecule has 0 aliphatic carbocycles. The molecular formula is C24H19N3O3. The second-order valence-corrected chi connectivity index (χ2v) is 7.87. The fraction of sp³-hybridized carbons (Fsp3) is 0.208. The zero-order chi connectivity index (χ0) is 20.2. The van der Waals surface area contributed by atoms with Gasteiger partial charge in [0.1, 0.15) is 6.23 Å². The predicted molar refractivity (Wildman–Crippen MR) is 110 cm³/mol. The quantitative estimate of drug-likeness (QED) is 0.621. The topological polar surface area (TPSA) is 62.7 Å². The van der Waals surface area contributed by atoms with Gasteiger partial charge in [-0.15, -0.1) is 0 Å². The molecule has 0 bridgehead atoms. The highest BCUT2D eigenvalue weighted by atomic mass is 16.5. The van der Waals surface area contributed by atoms with Gasteiger partial charge in [-0.1, -0.05) is 42.5 Å². The maximum atomic E-state index is 13.6. The highest BCUT2D eigenvalue weighted by molar-refractivity contribution is 6.23. The molecule has 0 N–H and O–H groups in total. The number of anilines is 2. The van der Waals surface area contributed by atoms with Crippen molar-refractivity contribution in [2.75, 3.05) is 9.80 Å². The first-order chi connectivity index (χ1) is 14.8. The Hall–Kier alpha value is -3.51. The third kappa shape index (κ3) is 2.31. The van der Waals surface area contributed by atoms with Gasteiger partial charge < -0.3 is 9.64 Å². The molecule has 2 amide bonds. The molecule has 0 radical (unpaired) electrons. The van der Waals surface area contributed by atoms with Gasteiger partial charge in [0.25, 0.3) is 0 Å². The molecule has 4 atom stereocenters. The minimum Gasteiger partial charge on any atom is -0.353 e. The van der Waals surface area contributed by atoms with Crippen LogP contribution in [0.1, 0.15) is 17.2 Å². The number of amides is 2. The van der Waals surface area contributed by atoms with Crippen molar-refractivity contribution in [3.05, 3.63) is 90.3 Å². The van der Waals surface area contributed by atoms with Crippen LogP contribution in [0.15, 0.2) is 79.1 Å². The van der Waals surface area contributed by atoms with Crippen LogP contribution in [0.25, 0.3) is 0 Å². The molecule has 6 nitrogen and oxygen atoms in total. The minimum atomic E-state index is -0.559. The Balaban J connectivity index is 1.52. The maximum Gasteiger partial charge on any atom is 0.242 e. The first-order valence-corrected chi connectivity index (χ1v) is 10.1. The van der Waals surface area contributed by atoms with Crippen LogP contribution in [0.4, 0.5) is 11.4 Å². The van der Waals surface area contributed by atoms with Crippen molar-refractivity contribution >= 4 is 23.2 Å². The van der Waals surface area contributed by atoms with Crippen molar-refractivity contribution in [1.82, 2.24) is 4.98 Å². The van der Waals surface area contributed by atoms with Crippen LogP contribution in [0.2, 0.25) is 0 Å². The van der Waals surface area contributed by atoms with Gasteiger partial charge in [-0.25, -0.2) is 4.90 Å². The van der Waals surface area contributed by atoms with Crippen molar-refractivity contribution in [1.29, 1.82) is 0 Å². The van der Waals surface area contributed by atoms with Gasteiger partial charge in [-0.3, -0.25) is 14.6 Å². The second kappa shape index (κ2) is 6.50. The minimum absolute atomic E-state index is 0.180. The second-order valence-electron chi connectivity index (χ2n) is 7.87. The summed E-state index contributed by atoms with van der Waals surface area (Å²) in [7, 11) is 0. The molecule has 6 rings (SSSR count). The van der Waals surface area contributed by atoms with Crippen molar-refractivity contribution in [2.24, 2.45) is 11.8 Å². The maximum absolute atomic E-state index is 13.6. The smallest absolute Gasteiger partial charge is 0.242 e. The van der Waals surface area contributed by atoms with E-state index in [0.717, 1.165) is 16.8 Å². The summed E-state index contributed by atoms with van der Waals surface area (Å²) in [5.74, 6) is -1.47. The third-order valence-corrected chi connectivity index (χ3v) is 6.34. The van der Waals surface area contributed by atoms with E-state index < -0.39 is 18.1 Å². The van der Waals surface area contributed by atoms with Crippen molar-refractivity contribution in [3.63, 3.8) is 0 Å². The summed E-state index contributed by atoms with van der Waals surface area (Å²) in [6, 6.07) is 20.7. The average Bonchev–Trinajstić information content (AvgIpc) is 3.28. The molecule has 0 saturated carbocycles. The van der Waals surface area contributed by atoms with E-state index in [2.05, 4.69) is 9.88 Å². The van der Waals surface area contributed by atoms with E-state index in [1.165, 1.54) is 4.90 Å². The summed E-state index contributed by atoms with van der Waals surface area (Å²) in [5, 5.41) is 0. The summed E-state index contributed by atoms with van der Waals surface area (Å²) < 4.78 is 6.20. The molecule has 2 saturated heterocycles. The van der Waals surface area contributed by atoms with Gasteiger partial charge in [0.05, 0.1) is 30.2 Å². The zero-order valence-electron chi connectivity index (χ0n) is 16.1. The number of benzene rings is 2. The number of hydrogen-bond donors (Lipinski definition) is 0. The summed E-state index contributed by atoms with van der Waals surface area (Å²) in [6.07, 6.45) is 3.01. The summed E-state index contributed by atoms with van der Waals surface area (Å²) >= 11 is 0. The predicted octanol–water partition coefficient (Wildman–Crippen LogP) is 3.31. The molecule has 148 valence electrons. The molecule has 3 aromatic rings. The summed E-state index contributed by atoms with van der Waals surface area (Å²) in [5.41, 5.74) is 3.59. The van der Waals surface area contributed by atoms with E-state index in [9.17, 15) is 9.59 Å². The number of imide groups is 1. The van der Waals surface area contributed by atoms with Gasteiger partial charge in [0.15, 0.2) is 0 Å². The number of ether oxygens (including phenoxy) is 1. The molecular weight excluding hydrogens is 378 g/mol. The third-order valence-electron chi connectivity index (χ3n) is 6.34. The Kier molecular flexibility index (Phi) is 3.76. The Labute approximate surface area is 173 Å². The van der Waals surface area contributed by atoms with Gasteiger partial charge in [0.2, 0.25) is 11.8 Å². The van der Waals surface area contributed by atoms with Crippen LogP contribution in [-0.2, 0) is 20.9 Å².